The molecule has 1 aliphatic heterocycles. The van der Waals surface area contributed by atoms with E-state index in [9.17, 15) is 13.2 Å². The van der Waals surface area contributed by atoms with E-state index in [1.165, 1.54) is 15.6 Å². The number of carbonyl (C=O) groups excluding carboxylic acids is 1. The molecule has 3 rings (SSSR count). The van der Waals surface area contributed by atoms with Gasteiger partial charge in [0.25, 0.3) is 0 Å². The third-order valence-electron chi connectivity index (χ3n) is 4.93. The summed E-state index contributed by atoms with van der Waals surface area (Å²) in [4.78, 5) is 17.5. The Labute approximate surface area is 158 Å². The zero-order chi connectivity index (χ0) is 18.8. The van der Waals surface area contributed by atoms with E-state index in [2.05, 4.69) is 10.3 Å². The minimum Gasteiger partial charge on any atom is -0.301 e. The first kappa shape index (κ1) is 19.0. The van der Waals surface area contributed by atoms with E-state index in [1.807, 2.05) is 42.6 Å². The van der Waals surface area contributed by atoms with Gasteiger partial charge in [0, 0.05) is 18.5 Å². The highest BCUT2D eigenvalue weighted by Gasteiger charge is 2.44. The number of aromatic nitrogens is 1. The fourth-order valence-electron chi connectivity index (χ4n) is 3.36. The molecule has 1 aromatic carbocycles. The lowest BCUT2D eigenvalue weighted by molar-refractivity contribution is -0.123. The number of nitrogens with one attached hydrogen (secondary N) is 1. The van der Waals surface area contributed by atoms with Gasteiger partial charge < -0.3 is 5.32 Å². The van der Waals surface area contributed by atoms with Crippen LogP contribution in [-0.4, -0.2) is 42.5 Å². The molecular weight excluding hydrogens is 370 g/mol. The molecule has 0 spiro atoms. The summed E-state index contributed by atoms with van der Waals surface area (Å²) in [5, 5.41) is 5.41. The zero-order valence-electron chi connectivity index (χ0n) is 14.9. The van der Waals surface area contributed by atoms with Gasteiger partial charge in [0.05, 0.1) is 16.9 Å². The number of anilines is 1. The first-order valence-electron chi connectivity index (χ1n) is 8.64. The van der Waals surface area contributed by atoms with Crippen molar-refractivity contribution in [3.8, 4) is 0 Å². The number of carbonyl (C=O) groups is 1. The monoisotopic (exact) mass is 393 g/mol. The van der Waals surface area contributed by atoms with Gasteiger partial charge in [0.2, 0.25) is 15.9 Å². The minimum absolute atomic E-state index is 0.0793. The van der Waals surface area contributed by atoms with E-state index in [0.29, 0.717) is 31.1 Å². The fraction of sp³-hybridized carbons (Fsp3) is 0.444. The van der Waals surface area contributed by atoms with Gasteiger partial charge in [-0.2, -0.15) is 0 Å². The standard InChI is InChI=1S/C18H23N3O3S2/c1-3-26(23,24)21-11-9-18(10-12-21,15-7-5-4-6-8-15)16(22)20-17-19-14(2)13-25-17/h4-8,13H,3,9-12H2,1-2H3,(H,19,20,22). The summed E-state index contributed by atoms with van der Waals surface area (Å²) in [5.74, 6) is -0.0396. The number of piperidine rings is 1. The molecule has 2 heterocycles. The summed E-state index contributed by atoms with van der Waals surface area (Å²) < 4.78 is 25.9. The van der Waals surface area contributed by atoms with Crippen molar-refractivity contribution in [3.05, 3.63) is 47.0 Å². The molecule has 0 radical (unpaired) electrons. The molecule has 1 aliphatic rings. The lowest BCUT2D eigenvalue weighted by atomic mass is 9.72. The van der Waals surface area contributed by atoms with Crippen LogP contribution in [0.2, 0.25) is 0 Å². The van der Waals surface area contributed by atoms with Crippen molar-refractivity contribution in [2.45, 2.75) is 32.1 Å². The third-order valence-corrected chi connectivity index (χ3v) is 7.69. The molecule has 0 aliphatic carbocycles. The third kappa shape index (κ3) is 3.67. The number of thiazole rings is 1. The van der Waals surface area contributed by atoms with Gasteiger partial charge in [-0.1, -0.05) is 30.3 Å². The maximum absolute atomic E-state index is 13.2. The number of hydrogen-bond donors (Lipinski definition) is 1. The second-order valence-corrected chi connectivity index (χ2v) is 9.61. The van der Waals surface area contributed by atoms with Gasteiger partial charge >= 0.3 is 0 Å². The van der Waals surface area contributed by atoms with Gasteiger partial charge in [-0.15, -0.1) is 11.3 Å². The van der Waals surface area contributed by atoms with E-state index < -0.39 is 15.4 Å². The van der Waals surface area contributed by atoms with Crippen LogP contribution in [0.1, 0.15) is 31.0 Å². The molecule has 1 N–H and O–H groups in total. The Morgan fingerprint density at radius 1 is 1.27 bits per heavy atom. The highest BCUT2D eigenvalue weighted by molar-refractivity contribution is 7.89. The lowest BCUT2D eigenvalue weighted by Gasteiger charge is -2.40. The van der Waals surface area contributed by atoms with Gasteiger partial charge in [0.15, 0.2) is 5.13 Å². The van der Waals surface area contributed by atoms with Crippen LogP contribution >= 0.6 is 11.3 Å². The molecule has 26 heavy (non-hydrogen) atoms. The normalized spacial score (nSPS) is 17.8. The smallest absolute Gasteiger partial charge is 0.236 e. The molecule has 1 saturated heterocycles. The number of amides is 1. The first-order chi connectivity index (χ1) is 12.4. The highest BCUT2D eigenvalue weighted by Crippen LogP contribution is 2.37. The molecule has 0 atom stereocenters. The van der Waals surface area contributed by atoms with Crippen LogP contribution in [-0.2, 0) is 20.2 Å². The Morgan fingerprint density at radius 3 is 2.46 bits per heavy atom. The van der Waals surface area contributed by atoms with Crippen LogP contribution in [0, 0.1) is 6.92 Å². The largest absolute Gasteiger partial charge is 0.301 e. The predicted octanol–water partition coefficient (Wildman–Crippen LogP) is 2.77. The van der Waals surface area contributed by atoms with Crippen molar-refractivity contribution in [1.82, 2.24) is 9.29 Å². The van der Waals surface area contributed by atoms with E-state index in [1.54, 1.807) is 6.92 Å². The van der Waals surface area contributed by atoms with E-state index >= 15 is 0 Å². The van der Waals surface area contributed by atoms with Crippen molar-refractivity contribution >= 4 is 32.4 Å². The lowest BCUT2D eigenvalue weighted by Crippen LogP contribution is -2.51. The zero-order valence-corrected chi connectivity index (χ0v) is 16.6. The summed E-state index contributed by atoms with van der Waals surface area (Å²) in [5.41, 5.74) is 1.03. The molecular formula is C18H23N3O3S2. The Bertz CT molecular complexity index is 870. The molecule has 8 heteroatoms. The summed E-state index contributed by atoms with van der Waals surface area (Å²) >= 11 is 1.39. The average molecular weight is 394 g/mol. The summed E-state index contributed by atoms with van der Waals surface area (Å²) in [6.07, 6.45) is 0.902. The Kier molecular flexibility index (Phi) is 5.45. The molecule has 0 unspecified atom stereocenters. The van der Waals surface area contributed by atoms with Gasteiger partial charge in [-0.3, -0.25) is 4.79 Å². The maximum Gasteiger partial charge on any atom is 0.236 e. The quantitative estimate of drug-likeness (QED) is 0.847. The SMILES string of the molecule is CCS(=O)(=O)N1CCC(C(=O)Nc2nc(C)cs2)(c2ccccc2)CC1. The average Bonchev–Trinajstić information content (AvgIpc) is 3.07. The number of aryl methyl sites for hydroxylation is 1. The summed E-state index contributed by atoms with van der Waals surface area (Å²) in [6, 6.07) is 9.61. The van der Waals surface area contributed by atoms with Crippen LogP contribution in [0.15, 0.2) is 35.7 Å². The topological polar surface area (TPSA) is 79.4 Å². The van der Waals surface area contributed by atoms with Gasteiger partial charge in [0.1, 0.15) is 0 Å². The molecule has 1 fully saturated rings. The van der Waals surface area contributed by atoms with E-state index in [-0.39, 0.29) is 11.7 Å². The molecule has 0 saturated carbocycles. The molecule has 6 nitrogen and oxygen atoms in total. The molecule has 0 bridgehead atoms. The summed E-state index contributed by atoms with van der Waals surface area (Å²) in [6.45, 7) is 4.21. The number of hydrogen-bond acceptors (Lipinski definition) is 5. The predicted molar refractivity (Wildman–Crippen MR) is 104 cm³/mol. The molecule has 1 aromatic heterocycles. The van der Waals surface area contributed by atoms with Crippen molar-refractivity contribution < 1.29 is 13.2 Å². The minimum atomic E-state index is -3.24. The first-order valence-corrected chi connectivity index (χ1v) is 11.1. The number of benzene rings is 1. The van der Waals surface area contributed by atoms with E-state index in [0.717, 1.165) is 11.3 Å². The number of rotatable bonds is 5. The van der Waals surface area contributed by atoms with Crippen LogP contribution in [0.5, 0.6) is 0 Å². The fourth-order valence-corrected chi connectivity index (χ4v) is 5.15. The highest BCUT2D eigenvalue weighted by atomic mass is 32.2. The molecule has 1 amide bonds. The van der Waals surface area contributed by atoms with Crippen molar-refractivity contribution in [2.75, 3.05) is 24.2 Å². The Morgan fingerprint density at radius 2 is 1.92 bits per heavy atom. The second kappa shape index (κ2) is 7.46. The molecule has 2 aromatic rings. The second-order valence-electron chi connectivity index (χ2n) is 6.50. The van der Waals surface area contributed by atoms with Crippen molar-refractivity contribution in [1.29, 1.82) is 0 Å². The van der Waals surface area contributed by atoms with E-state index in [4.69, 9.17) is 0 Å². The van der Waals surface area contributed by atoms with Crippen LogP contribution < -0.4 is 5.32 Å². The van der Waals surface area contributed by atoms with Crippen LogP contribution in [0.25, 0.3) is 0 Å². The van der Waals surface area contributed by atoms with Crippen LogP contribution in [0.4, 0.5) is 5.13 Å². The Balaban J connectivity index is 1.89. The van der Waals surface area contributed by atoms with Crippen molar-refractivity contribution in [2.24, 2.45) is 0 Å². The maximum atomic E-state index is 13.2. The molecule has 140 valence electrons. The van der Waals surface area contributed by atoms with Gasteiger partial charge in [-0.25, -0.2) is 17.7 Å². The summed E-state index contributed by atoms with van der Waals surface area (Å²) in [7, 11) is -3.24. The Hall–Kier alpha value is -1.77. The van der Waals surface area contributed by atoms with Crippen molar-refractivity contribution in [3.63, 3.8) is 0 Å². The number of nitrogens with zero attached hydrogens (tertiary/aromatic N) is 2. The van der Waals surface area contributed by atoms with Crippen LogP contribution in [0.3, 0.4) is 0 Å². The van der Waals surface area contributed by atoms with Gasteiger partial charge in [-0.05, 0) is 32.3 Å². The number of sulfonamides is 1.